The van der Waals surface area contributed by atoms with Crippen LogP contribution in [0.2, 0.25) is 0 Å². The number of hydrogen-bond donors (Lipinski definition) is 0. The summed E-state index contributed by atoms with van der Waals surface area (Å²) in [5.41, 5.74) is 2.06. The van der Waals surface area contributed by atoms with Crippen LogP contribution in [0.1, 0.15) is 55.3 Å². The van der Waals surface area contributed by atoms with Crippen LogP contribution >= 0.6 is 0 Å². The van der Waals surface area contributed by atoms with E-state index in [1.165, 1.54) is 0 Å². The average Bonchev–Trinajstić information content (AvgIpc) is 3.44. The van der Waals surface area contributed by atoms with Gasteiger partial charge in [0.25, 0.3) is 5.91 Å². The van der Waals surface area contributed by atoms with Crippen molar-refractivity contribution < 1.29 is 18.7 Å². The third-order valence-electron chi connectivity index (χ3n) is 6.33. The number of rotatable bonds is 14. The van der Waals surface area contributed by atoms with Crippen LogP contribution in [0.25, 0.3) is 0 Å². The fourth-order valence-electron chi connectivity index (χ4n) is 4.14. The first-order valence-electron chi connectivity index (χ1n) is 12.5. The molecule has 0 radical (unpaired) electrons. The van der Waals surface area contributed by atoms with Gasteiger partial charge in [0.2, 0.25) is 0 Å². The van der Waals surface area contributed by atoms with Gasteiger partial charge in [0, 0.05) is 12.6 Å². The summed E-state index contributed by atoms with van der Waals surface area (Å²) in [6.07, 6.45) is 3.48. The summed E-state index contributed by atoms with van der Waals surface area (Å²) in [6.45, 7) is 10.5. The summed E-state index contributed by atoms with van der Waals surface area (Å²) in [7, 11) is 1.63. The van der Waals surface area contributed by atoms with Gasteiger partial charge in [-0.2, -0.15) is 0 Å². The Morgan fingerprint density at radius 2 is 1.74 bits per heavy atom. The lowest BCUT2D eigenvalue weighted by Crippen LogP contribution is -2.38. The first-order valence-corrected chi connectivity index (χ1v) is 12.5. The van der Waals surface area contributed by atoms with E-state index in [1.54, 1.807) is 25.5 Å². The zero-order chi connectivity index (χ0) is 25.0. The molecule has 0 aliphatic heterocycles. The molecule has 3 aromatic rings. The lowest BCUT2D eigenvalue weighted by atomic mass is 10.1. The van der Waals surface area contributed by atoms with Crippen molar-refractivity contribution in [3.63, 3.8) is 0 Å². The van der Waals surface area contributed by atoms with Gasteiger partial charge in [-0.15, -0.1) is 0 Å². The molecule has 1 amide bonds. The van der Waals surface area contributed by atoms with E-state index in [0.717, 1.165) is 43.6 Å². The summed E-state index contributed by atoms with van der Waals surface area (Å²) in [4.78, 5) is 17.6. The van der Waals surface area contributed by atoms with E-state index in [4.69, 9.17) is 13.9 Å². The van der Waals surface area contributed by atoms with Gasteiger partial charge in [-0.05, 0) is 74.8 Å². The van der Waals surface area contributed by atoms with Crippen LogP contribution in [0, 0.1) is 0 Å². The minimum Gasteiger partial charge on any atom is -0.493 e. The maximum absolute atomic E-state index is 13.3. The predicted octanol–water partition coefficient (Wildman–Crippen LogP) is 6.02. The lowest BCUT2D eigenvalue weighted by Gasteiger charge is -2.30. The van der Waals surface area contributed by atoms with Crippen molar-refractivity contribution in [2.75, 3.05) is 26.7 Å². The van der Waals surface area contributed by atoms with Crippen molar-refractivity contribution in [1.29, 1.82) is 0 Å². The van der Waals surface area contributed by atoms with E-state index in [9.17, 15) is 4.79 Å². The molecule has 0 N–H and O–H groups in total. The van der Waals surface area contributed by atoms with Gasteiger partial charge in [0.05, 0.1) is 13.4 Å². The molecular formula is C29H38N2O4. The number of carbonyl (C=O) groups excluding carboxylic acids is 1. The molecular weight excluding hydrogens is 440 g/mol. The molecule has 0 spiro atoms. The zero-order valence-corrected chi connectivity index (χ0v) is 21.4. The van der Waals surface area contributed by atoms with Crippen molar-refractivity contribution in [1.82, 2.24) is 9.80 Å². The van der Waals surface area contributed by atoms with E-state index in [-0.39, 0.29) is 11.9 Å². The highest BCUT2D eigenvalue weighted by Crippen LogP contribution is 2.30. The number of benzene rings is 2. The molecule has 2 aromatic carbocycles. The van der Waals surface area contributed by atoms with Crippen LogP contribution in [0.3, 0.4) is 0 Å². The molecule has 3 rings (SSSR count). The number of furan rings is 1. The summed E-state index contributed by atoms with van der Waals surface area (Å²) in [6, 6.07) is 19.4. The second-order valence-electron chi connectivity index (χ2n) is 8.69. The van der Waals surface area contributed by atoms with Crippen molar-refractivity contribution in [3.05, 3.63) is 83.8 Å². The molecule has 0 aliphatic carbocycles. The van der Waals surface area contributed by atoms with Gasteiger partial charge < -0.3 is 23.7 Å². The SMILES string of the molecule is CCN(CC)CCCC(C)N(Cc1ccc(OC)c(OCc2ccccc2)c1)C(=O)c1ccco1. The van der Waals surface area contributed by atoms with Crippen LogP contribution in [-0.4, -0.2) is 48.5 Å². The first kappa shape index (κ1) is 26.4. The Morgan fingerprint density at radius 1 is 0.971 bits per heavy atom. The molecule has 1 aromatic heterocycles. The maximum Gasteiger partial charge on any atom is 0.290 e. The Kier molecular flexibility index (Phi) is 10.2. The van der Waals surface area contributed by atoms with Gasteiger partial charge in [-0.3, -0.25) is 4.79 Å². The molecule has 35 heavy (non-hydrogen) atoms. The smallest absolute Gasteiger partial charge is 0.290 e. The van der Waals surface area contributed by atoms with Gasteiger partial charge in [-0.1, -0.05) is 50.2 Å². The molecule has 6 heteroatoms. The van der Waals surface area contributed by atoms with Gasteiger partial charge >= 0.3 is 0 Å². The topological polar surface area (TPSA) is 55.2 Å². The van der Waals surface area contributed by atoms with Crippen LogP contribution in [-0.2, 0) is 13.2 Å². The third kappa shape index (κ3) is 7.62. The molecule has 0 saturated carbocycles. The number of ether oxygens (including phenoxy) is 2. The second-order valence-corrected chi connectivity index (χ2v) is 8.69. The summed E-state index contributed by atoms with van der Waals surface area (Å²) < 4.78 is 17.1. The minimum atomic E-state index is -0.104. The highest BCUT2D eigenvalue weighted by molar-refractivity contribution is 5.91. The number of amides is 1. The predicted molar refractivity (Wildman–Crippen MR) is 139 cm³/mol. The molecule has 1 unspecified atom stereocenters. The van der Waals surface area contributed by atoms with Gasteiger partial charge in [0.1, 0.15) is 6.61 Å². The molecule has 188 valence electrons. The third-order valence-corrected chi connectivity index (χ3v) is 6.33. The maximum atomic E-state index is 13.3. The monoisotopic (exact) mass is 478 g/mol. The second kappa shape index (κ2) is 13.6. The van der Waals surface area contributed by atoms with E-state index in [1.807, 2.05) is 53.4 Å². The Labute approximate surface area is 209 Å². The molecule has 1 atom stereocenters. The minimum absolute atomic E-state index is 0.0546. The van der Waals surface area contributed by atoms with Crippen LogP contribution in [0.4, 0.5) is 0 Å². The number of hydrogen-bond acceptors (Lipinski definition) is 5. The highest BCUT2D eigenvalue weighted by Gasteiger charge is 2.24. The van der Waals surface area contributed by atoms with Crippen molar-refractivity contribution in [2.45, 2.75) is 52.8 Å². The van der Waals surface area contributed by atoms with E-state index < -0.39 is 0 Å². The number of carbonyl (C=O) groups is 1. The van der Waals surface area contributed by atoms with Crippen molar-refractivity contribution in [3.8, 4) is 11.5 Å². The highest BCUT2D eigenvalue weighted by atomic mass is 16.5. The van der Waals surface area contributed by atoms with E-state index in [0.29, 0.717) is 30.4 Å². The standard InChI is InChI=1S/C29H38N2O4/c1-5-30(6-2)18-10-12-23(3)31(29(32)27-15-11-19-34-27)21-25-16-17-26(33-4)28(20-25)35-22-24-13-8-7-9-14-24/h7-9,11,13-17,19-20,23H,5-6,10,12,18,21-22H2,1-4H3. The van der Waals surface area contributed by atoms with Crippen LogP contribution in [0.5, 0.6) is 11.5 Å². The van der Waals surface area contributed by atoms with E-state index in [2.05, 4.69) is 25.7 Å². The van der Waals surface area contributed by atoms with Crippen molar-refractivity contribution >= 4 is 5.91 Å². The fourth-order valence-corrected chi connectivity index (χ4v) is 4.14. The lowest BCUT2D eigenvalue weighted by molar-refractivity contribution is 0.0629. The Bertz CT molecular complexity index is 1020. The Hall–Kier alpha value is -3.25. The molecule has 1 heterocycles. The quantitative estimate of drug-likeness (QED) is 0.284. The largest absolute Gasteiger partial charge is 0.493 e. The zero-order valence-electron chi connectivity index (χ0n) is 21.4. The first-order chi connectivity index (χ1) is 17.0. The van der Waals surface area contributed by atoms with Crippen molar-refractivity contribution in [2.24, 2.45) is 0 Å². The number of nitrogens with zero attached hydrogens (tertiary/aromatic N) is 2. The summed E-state index contributed by atoms with van der Waals surface area (Å²) in [5.74, 6) is 1.58. The van der Waals surface area contributed by atoms with E-state index >= 15 is 0 Å². The average molecular weight is 479 g/mol. The van der Waals surface area contributed by atoms with Crippen LogP contribution < -0.4 is 9.47 Å². The fraction of sp³-hybridized carbons (Fsp3) is 0.414. The van der Waals surface area contributed by atoms with Gasteiger partial charge in [-0.25, -0.2) is 0 Å². The Balaban J connectivity index is 1.75. The molecule has 0 saturated heterocycles. The summed E-state index contributed by atoms with van der Waals surface area (Å²) in [5, 5.41) is 0. The molecule has 0 fully saturated rings. The number of methoxy groups -OCH3 is 1. The Morgan fingerprint density at radius 3 is 2.40 bits per heavy atom. The van der Waals surface area contributed by atoms with Gasteiger partial charge in [0.15, 0.2) is 17.3 Å². The normalized spacial score (nSPS) is 11.9. The van der Waals surface area contributed by atoms with Crippen LogP contribution in [0.15, 0.2) is 71.3 Å². The molecule has 0 aliphatic rings. The molecule has 0 bridgehead atoms. The summed E-state index contributed by atoms with van der Waals surface area (Å²) >= 11 is 0. The molecule has 6 nitrogen and oxygen atoms in total.